The fourth-order valence-electron chi connectivity index (χ4n) is 2.99. The smallest absolute Gasteiger partial charge is 0.278 e. The van der Waals surface area contributed by atoms with Crippen molar-refractivity contribution in [1.29, 1.82) is 0 Å². The topological polar surface area (TPSA) is 126 Å². The number of ether oxygens (including phenoxy) is 1. The number of benzene rings is 2. The van der Waals surface area contributed by atoms with Crippen molar-refractivity contribution in [2.24, 2.45) is 0 Å². The number of carbonyl (C=O) groups excluding carboxylic acids is 2. The van der Waals surface area contributed by atoms with Gasteiger partial charge >= 0.3 is 0 Å². The van der Waals surface area contributed by atoms with E-state index in [-0.39, 0.29) is 22.7 Å². The molecule has 0 fully saturated rings. The minimum absolute atomic E-state index is 0.0601. The number of nitrogens with zero attached hydrogens (tertiary/aromatic N) is 2. The molecule has 172 valence electrons. The molecule has 2 amide bonds. The van der Waals surface area contributed by atoms with Crippen LogP contribution in [0.5, 0.6) is 5.75 Å². The van der Waals surface area contributed by atoms with Gasteiger partial charge in [-0.05, 0) is 30.7 Å². The highest BCUT2D eigenvalue weighted by molar-refractivity contribution is 8.00. The maximum absolute atomic E-state index is 12.8. The first-order valence-electron chi connectivity index (χ1n) is 9.97. The Bertz CT molecular complexity index is 1230. The van der Waals surface area contributed by atoms with E-state index >= 15 is 0 Å². The molecule has 33 heavy (non-hydrogen) atoms. The van der Waals surface area contributed by atoms with Crippen LogP contribution in [0, 0.1) is 0 Å². The van der Waals surface area contributed by atoms with Gasteiger partial charge in [0.15, 0.2) is 10.9 Å². The van der Waals surface area contributed by atoms with E-state index < -0.39 is 10.8 Å². The monoisotopic (exact) mass is 487 g/mol. The molecule has 3 N–H and O–H groups in total. The molecule has 0 saturated carbocycles. The van der Waals surface area contributed by atoms with Crippen LogP contribution >= 0.6 is 23.4 Å². The van der Waals surface area contributed by atoms with E-state index in [1.807, 2.05) is 6.92 Å². The van der Waals surface area contributed by atoms with Crippen LogP contribution in [0.2, 0.25) is 5.02 Å². The standard InChI is InChI=1S/C22H22ClN5O4S/c1-4-18(20(30)25-16-11-13(23)9-10-17(16)32-3)33-22-26-21(31)19(27-28-22)14-7-5-6-8-15(14)24-12(2)29/h5-11,18H,4H2,1-3H3,(H,24,29)(H,25,30)(H,26,28,31)/t18-/m0/s1. The van der Waals surface area contributed by atoms with Gasteiger partial charge < -0.3 is 15.4 Å². The molecular weight excluding hydrogens is 466 g/mol. The second kappa shape index (κ2) is 11.0. The lowest BCUT2D eigenvalue weighted by atomic mass is 10.1. The van der Waals surface area contributed by atoms with Crippen molar-refractivity contribution in [3.63, 3.8) is 0 Å². The number of H-pyrrole nitrogens is 1. The normalized spacial score (nSPS) is 11.5. The highest BCUT2D eigenvalue weighted by Crippen LogP contribution is 2.30. The Balaban J connectivity index is 1.80. The zero-order valence-corrected chi connectivity index (χ0v) is 19.7. The van der Waals surface area contributed by atoms with Crippen molar-refractivity contribution in [2.75, 3.05) is 17.7 Å². The second-order valence-corrected chi connectivity index (χ2v) is 8.51. The van der Waals surface area contributed by atoms with Crippen molar-refractivity contribution in [3.05, 3.63) is 57.8 Å². The molecule has 0 spiro atoms. The summed E-state index contributed by atoms with van der Waals surface area (Å²) < 4.78 is 5.26. The average molecular weight is 488 g/mol. The van der Waals surface area contributed by atoms with Crippen molar-refractivity contribution in [1.82, 2.24) is 15.2 Å². The van der Waals surface area contributed by atoms with E-state index in [9.17, 15) is 14.4 Å². The summed E-state index contributed by atoms with van der Waals surface area (Å²) in [6, 6.07) is 11.7. The summed E-state index contributed by atoms with van der Waals surface area (Å²) in [5.74, 6) is -0.0964. The Hall–Kier alpha value is -3.37. The number of rotatable bonds is 8. The highest BCUT2D eigenvalue weighted by atomic mass is 35.5. The first kappa shape index (κ1) is 24.3. The zero-order chi connectivity index (χ0) is 24.0. The number of hydrogen-bond donors (Lipinski definition) is 3. The molecule has 1 aromatic heterocycles. The van der Waals surface area contributed by atoms with E-state index in [0.717, 1.165) is 11.8 Å². The molecule has 0 bridgehead atoms. The van der Waals surface area contributed by atoms with Crippen LogP contribution < -0.4 is 20.9 Å². The molecule has 0 aliphatic carbocycles. The lowest BCUT2D eigenvalue weighted by molar-refractivity contribution is -0.116. The number of amides is 2. The minimum Gasteiger partial charge on any atom is -0.495 e. The molecule has 0 aliphatic rings. The quantitative estimate of drug-likeness (QED) is 0.410. The summed E-state index contributed by atoms with van der Waals surface area (Å²) in [7, 11) is 1.50. The molecule has 0 radical (unpaired) electrons. The molecule has 9 nitrogen and oxygen atoms in total. The Morgan fingerprint density at radius 1 is 1.15 bits per heavy atom. The van der Waals surface area contributed by atoms with E-state index in [0.29, 0.717) is 34.1 Å². The van der Waals surface area contributed by atoms with Gasteiger partial charge in [0.1, 0.15) is 5.75 Å². The summed E-state index contributed by atoms with van der Waals surface area (Å²) in [6.45, 7) is 3.22. The minimum atomic E-state index is -0.559. The Morgan fingerprint density at radius 3 is 2.58 bits per heavy atom. The molecule has 1 atom stereocenters. The summed E-state index contributed by atoms with van der Waals surface area (Å²) in [6.07, 6.45) is 0.468. The SMILES string of the molecule is CC[C@H](Sc1nnc(-c2ccccc2NC(C)=O)c(=O)[nH]1)C(=O)Nc1cc(Cl)ccc1OC. The van der Waals surface area contributed by atoms with Gasteiger partial charge in [-0.15, -0.1) is 10.2 Å². The molecule has 3 aromatic rings. The highest BCUT2D eigenvalue weighted by Gasteiger charge is 2.22. The first-order chi connectivity index (χ1) is 15.8. The number of para-hydroxylation sites is 1. The Kier molecular flexibility index (Phi) is 8.07. The van der Waals surface area contributed by atoms with Crippen LogP contribution in [0.15, 0.2) is 52.4 Å². The van der Waals surface area contributed by atoms with Crippen molar-refractivity contribution >= 4 is 46.6 Å². The first-order valence-corrected chi connectivity index (χ1v) is 11.2. The Labute approximate surface area is 199 Å². The van der Waals surface area contributed by atoms with Crippen LogP contribution in [-0.2, 0) is 9.59 Å². The second-order valence-electron chi connectivity index (χ2n) is 6.88. The maximum atomic E-state index is 12.8. The largest absolute Gasteiger partial charge is 0.495 e. The number of anilines is 2. The molecule has 0 unspecified atom stereocenters. The molecule has 0 saturated heterocycles. The lowest BCUT2D eigenvalue weighted by Gasteiger charge is -2.16. The van der Waals surface area contributed by atoms with E-state index in [2.05, 4.69) is 25.8 Å². The molecule has 0 aliphatic heterocycles. The third kappa shape index (κ3) is 6.11. The molecule has 11 heteroatoms. The van der Waals surface area contributed by atoms with Crippen molar-refractivity contribution in [2.45, 2.75) is 30.7 Å². The van der Waals surface area contributed by atoms with Crippen LogP contribution in [-0.4, -0.2) is 39.4 Å². The molecule has 3 rings (SSSR count). The van der Waals surface area contributed by atoms with Gasteiger partial charge in [0.2, 0.25) is 11.8 Å². The van der Waals surface area contributed by atoms with Gasteiger partial charge in [-0.25, -0.2) is 0 Å². The number of carbonyl (C=O) groups is 2. The van der Waals surface area contributed by atoms with E-state index in [1.165, 1.54) is 14.0 Å². The van der Waals surface area contributed by atoms with Gasteiger partial charge in [-0.3, -0.25) is 19.4 Å². The van der Waals surface area contributed by atoms with Crippen molar-refractivity contribution in [3.8, 4) is 17.0 Å². The van der Waals surface area contributed by atoms with Crippen LogP contribution in [0.25, 0.3) is 11.3 Å². The number of nitrogens with one attached hydrogen (secondary N) is 3. The van der Waals surface area contributed by atoms with Crippen LogP contribution in [0.4, 0.5) is 11.4 Å². The van der Waals surface area contributed by atoms with Gasteiger partial charge in [0.25, 0.3) is 5.56 Å². The number of halogens is 1. The number of thioether (sulfide) groups is 1. The van der Waals surface area contributed by atoms with Gasteiger partial charge in [0.05, 0.1) is 23.7 Å². The summed E-state index contributed by atoms with van der Waals surface area (Å²) >= 11 is 7.11. The third-order valence-electron chi connectivity index (χ3n) is 4.51. The van der Waals surface area contributed by atoms with E-state index in [4.69, 9.17) is 16.3 Å². The predicted molar refractivity (Wildman–Crippen MR) is 129 cm³/mol. The number of aromatic amines is 1. The number of hydrogen-bond acceptors (Lipinski definition) is 7. The summed E-state index contributed by atoms with van der Waals surface area (Å²) in [5, 5.41) is 13.7. The predicted octanol–water partition coefficient (Wildman–Crippen LogP) is 3.96. The zero-order valence-electron chi connectivity index (χ0n) is 18.1. The number of methoxy groups -OCH3 is 1. The summed E-state index contributed by atoms with van der Waals surface area (Å²) in [5.41, 5.74) is 0.905. The van der Waals surface area contributed by atoms with Crippen molar-refractivity contribution < 1.29 is 14.3 Å². The number of aromatic nitrogens is 3. The average Bonchev–Trinajstić information content (AvgIpc) is 2.78. The summed E-state index contributed by atoms with van der Waals surface area (Å²) in [4.78, 5) is 39.7. The Morgan fingerprint density at radius 2 is 1.91 bits per heavy atom. The molecule has 2 aromatic carbocycles. The van der Waals surface area contributed by atoms with Gasteiger partial charge in [-0.2, -0.15) is 0 Å². The molecular formula is C22H22ClN5O4S. The van der Waals surface area contributed by atoms with Gasteiger partial charge in [-0.1, -0.05) is 48.5 Å². The fourth-order valence-corrected chi connectivity index (χ4v) is 4.00. The molecule has 1 heterocycles. The fraction of sp³-hybridized carbons (Fsp3) is 0.227. The third-order valence-corrected chi connectivity index (χ3v) is 5.98. The van der Waals surface area contributed by atoms with Crippen LogP contribution in [0.3, 0.4) is 0 Å². The van der Waals surface area contributed by atoms with Crippen LogP contribution in [0.1, 0.15) is 20.3 Å². The van der Waals surface area contributed by atoms with E-state index in [1.54, 1.807) is 42.5 Å². The lowest BCUT2D eigenvalue weighted by Crippen LogP contribution is -2.26. The van der Waals surface area contributed by atoms with Gasteiger partial charge in [0, 0.05) is 17.5 Å². The maximum Gasteiger partial charge on any atom is 0.278 e.